The molecule has 200 valence electrons. The molecule has 7 nitrogen and oxygen atoms in total. The fourth-order valence-corrected chi connectivity index (χ4v) is 4.76. The predicted octanol–water partition coefficient (Wildman–Crippen LogP) is 6.55. The third-order valence-electron chi connectivity index (χ3n) is 4.80. The first-order valence-electron chi connectivity index (χ1n) is 12.3. The summed E-state index contributed by atoms with van der Waals surface area (Å²) in [6, 6.07) is 18.1. The van der Waals surface area contributed by atoms with Gasteiger partial charge in [-0.05, 0) is 43.9 Å². The van der Waals surface area contributed by atoms with Crippen molar-refractivity contribution in [3.8, 4) is 5.75 Å². The zero-order chi connectivity index (χ0) is 26.8. The van der Waals surface area contributed by atoms with Crippen molar-refractivity contribution in [2.24, 2.45) is 0 Å². The molecule has 0 heterocycles. The summed E-state index contributed by atoms with van der Waals surface area (Å²) in [6.45, 7) is 8.04. The molecule has 2 aromatic carbocycles. The molecule has 0 amide bonds. The second-order valence-corrected chi connectivity index (χ2v) is 11.5. The van der Waals surface area contributed by atoms with E-state index < -0.39 is 19.5 Å². The zero-order valence-corrected chi connectivity index (χ0v) is 24.1. The first-order valence-corrected chi connectivity index (χ1v) is 15.3. The Bertz CT molecular complexity index is 928. The molecule has 0 saturated heterocycles. The molecule has 0 aliphatic rings. The number of halogens is 1. The number of hydrogen-bond donors (Lipinski definition) is 1. The molecule has 36 heavy (non-hydrogen) atoms. The molecule has 9 heteroatoms. The summed E-state index contributed by atoms with van der Waals surface area (Å²) in [7, 11) is -3.11. The molecule has 3 atom stereocenters. The van der Waals surface area contributed by atoms with Crippen molar-refractivity contribution in [1.29, 1.82) is 0 Å². The molecule has 2 rings (SSSR count). The molecule has 0 fully saturated rings. The Morgan fingerprint density at radius 3 is 1.92 bits per heavy atom. The van der Waals surface area contributed by atoms with Crippen LogP contribution < -0.4 is 9.61 Å². The van der Waals surface area contributed by atoms with E-state index in [0.717, 1.165) is 31.2 Å². The van der Waals surface area contributed by atoms with E-state index in [1.54, 1.807) is 31.2 Å². The minimum atomic E-state index is -3.11. The fraction of sp³-hybridized carbons (Fsp3) is 0.481. The lowest BCUT2D eigenvalue weighted by Crippen LogP contribution is -2.34. The smallest absolute Gasteiger partial charge is 0.323 e. The van der Waals surface area contributed by atoms with Crippen LogP contribution in [0.25, 0.3) is 0 Å². The van der Waals surface area contributed by atoms with E-state index in [0.29, 0.717) is 25.4 Å². The average molecular weight is 584 g/mol. The van der Waals surface area contributed by atoms with Crippen molar-refractivity contribution in [2.45, 2.75) is 63.7 Å². The fourth-order valence-electron chi connectivity index (χ4n) is 2.87. The van der Waals surface area contributed by atoms with Gasteiger partial charge in [-0.25, -0.2) is 5.09 Å². The Kier molecular flexibility index (Phi) is 16.1. The minimum Gasteiger partial charge on any atom is -0.465 e. The summed E-state index contributed by atoms with van der Waals surface area (Å²) in [6.07, 6.45) is 4.42. The monoisotopic (exact) mass is 583 g/mol. The Labute approximate surface area is 223 Å². The molecule has 0 aliphatic carbocycles. The van der Waals surface area contributed by atoms with Gasteiger partial charge in [0.1, 0.15) is 16.6 Å². The molecule has 0 spiro atoms. The van der Waals surface area contributed by atoms with Gasteiger partial charge in [0.15, 0.2) is 0 Å². The number of carbonyl (C=O) groups is 2. The Hall–Kier alpha value is -2.15. The Morgan fingerprint density at radius 2 is 1.39 bits per heavy atom. The second-order valence-electron chi connectivity index (χ2n) is 8.30. The largest absolute Gasteiger partial charge is 0.465 e. The van der Waals surface area contributed by atoms with Crippen LogP contribution in [0.1, 0.15) is 52.0 Å². The lowest BCUT2D eigenvalue weighted by molar-refractivity contribution is -0.145. The van der Waals surface area contributed by atoms with Gasteiger partial charge in [0.05, 0.1) is 13.2 Å². The SMILES string of the molecule is CCCCOC(=O)C(Br)Cc1ccccc1.CCCCOC(=O)C(C)NP(C)(=O)Oc1ccccc1. The molecule has 0 bridgehead atoms. The number of rotatable bonds is 14. The topological polar surface area (TPSA) is 90.9 Å². The van der Waals surface area contributed by atoms with Gasteiger partial charge in [-0.1, -0.05) is 91.1 Å². The molecular weight excluding hydrogens is 545 g/mol. The van der Waals surface area contributed by atoms with Crippen molar-refractivity contribution in [2.75, 3.05) is 19.9 Å². The van der Waals surface area contributed by atoms with E-state index in [1.807, 2.05) is 43.3 Å². The second kappa shape index (κ2) is 18.1. The molecule has 0 radical (unpaired) electrons. The van der Waals surface area contributed by atoms with E-state index in [1.165, 1.54) is 6.66 Å². The number of unbranched alkanes of at least 4 members (excludes halogenated alkanes) is 2. The van der Waals surface area contributed by atoms with Crippen LogP contribution in [0.3, 0.4) is 0 Å². The van der Waals surface area contributed by atoms with E-state index in [9.17, 15) is 14.2 Å². The van der Waals surface area contributed by atoms with Crippen molar-refractivity contribution in [3.05, 3.63) is 66.2 Å². The van der Waals surface area contributed by atoms with E-state index in [2.05, 4.69) is 27.9 Å². The van der Waals surface area contributed by atoms with Crippen LogP contribution in [-0.2, 0) is 30.0 Å². The molecule has 2 aromatic rings. The highest BCUT2D eigenvalue weighted by Crippen LogP contribution is 2.39. The maximum Gasteiger partial charge on any atom is 0.323 e. The number of para-hydroxylation sites is 1. The molecule has 1 N–H and O–H groups in total. The predicted molar refractivity (Wildman–Crippen MR) is 148 cm³/mol. The van der Waals surface area contributed by atoms with Crippen molar-refractivity contribution >= 4 is 35.4 Å². The Morgan fingerprint density at radius 1 is 0.889 bits per heavy atom. The summed E-state index contributed by atoms with van der Waals surface area (Å²) < 4.78 is 27.9. The molecule has 0 aromatic heterocycles. The number of carbonyl (C=O) groups excluding carboxylic acids is 2. The van der Waals surface area contributed by atoms with Gasteiger partial charge in [0.25, 0.3) is 0 Å². The number of alkyl halides is 1. The zero-order valence-electron chi connectivity index (χ0n) is 21.7. The van der Waals surface area contributed by atoms with Gasteiger partial charge in [-0.15, -0.1) is 0 Å². The highest BCUT2D eigenvalue weighted by atomic mass is 79.9. The van der Waals surface area contributed by atoms with Crippen LogP contribution in [0.5, 0.6) is 5.75 Å². The third kappa shape index (κ3) is 14.4. The molecule has 3 unspecified atom stereocenters. The standard InChI is InChI=1S/C14H22NO4P.C13H17BrO2/c1-4-5-11-18-14(16)12(2)15-20(3,17)19-13-9-7-6-8-10-13;1-2-3-9-16-13(15)12(14)10-11-7-5-4-6-8-11/h6-10,12H,4-5,11H2,1-3H3,(H,15,17);4-8,12H,2-3,9-10H2,1H3. The number of benzene rings is 2. The third-order valence-corrected chi connectivity index (χ3v) is 6.92. The summed E-state index contributed by atoms with van der Waals surface area (Å²) in [4.78, 5) is 23.0. The minimum absolute atomic E-state index is 0.169. The Balaban J connectivity index is 0.000000369. The van der Waals surface area contributed by atoms with Gasteiger partial charge < -0.3 is 14.0 Å². The lowest BCUT2D eigenvalue weighted by atomic mass is 10.1. The van der Waals surface area contributed by atoms with Crippen molar-refractivity contribution in [3.63, 3.8) is 0 Å². The van der Waals surface area contributed by atoms with Crippen LogP contribution in [0.15, 0.2) is 60.7 Å². The van der Waals surface area contributed by atoms with E-state index >= 15 is 0 Å². The highest BCUT2D eigenvalue weighted by molar-refractivity contribution is 9.10. The molecule has 0 saturated carbocycles. The summed E-state index contributed by atoms with van der Waals surface area (Å²) in [5, 5.41) is 2.69. The molecule has 0 aliphatic heterocycles. The van der Waals surface area contributed by atoms with Crippen LogP contribution in [0.4, 0.5) is 0 Å². The first-order chi connectivity index (χ1) is 17.2. The quantitative estimate of drug-likeness (QED) is 0.117. The number of esters is 2. The van der Waals surface area contributed by atoms with Crippen LogP contribution in [-0.4, -0.2) is 42.7 Å². The maximum absolute atomic E-state index is 12.3. The van der Waals surface area contributed by atoms with Gasteiger partial charge in [-0.2, -0.15) is 0 Å². The van der Waals surface area contributed by atoms with Crippen LogP contribution >= 0.6 is 23.4 Å². The normalized spacial score (nSPS) is 13.8. The van der Waals surface area contributed by atoms with Crippen LogP contribution in [0.2, 0.25) is 0 Å². The number of nitrogens with one attached hydrogen (secondary N) is 1. The summed E-state index contributed by atoms with van der Waals surface area (Å²) in [5.74, 6) is -0.0909. The molecular formula is C27H39BrNO6P. The highest BCUT2D eigenvalue weighted by Gasteiger charge is 2.25. The van der Waals surface area contributed by atoms with E-state index in [4.69, 9.17) is 14.0 Å². The summed E-state index contributed by atoms with van der Waals surface area (Å²) in [5.41, 5.74) is 1.14. The lowest BCUT2D eigenvalue weighted by Gasteiger charge is -2.20. The van der Waals surface area contributed by atoms with Gasteiger partial charge >= 0.3 is 19.5 Å². The maximum atomic E-state index is 12.3. The van der Waals surface area contributed by atoms with Gasteiger partial charge in [-0.3, -0.25) is 14.2 Å². The van der Waals surface area contributed by atoms with Crippen molar-refractivity contribution in [1.82, 2.24) is 5.09 Å². The van der Waals surface area contributed by atoms with E-state index in [-0.39, 0.29) is 10.8 Å². The van der Waals surface area contributed by atoms with Crippen molar-refractivity contribution < 1.29 is 28.2 Å². The van der Waals surface area contributed by atoms with Gasteiger partial charge in [0.2, 0.25) is 0 Å². The summed E-state index contributed by atoms with van der Waals surface area (Å²) >= 11 is 3.36. The first kappa shape index (κ1) is 31.9. The van der Waals surface area contributed by atoms with Gasteiger partial charge in [0, 0.05) is 6.66 Å². The number of hydrogen-bond acceptors (Lipinski definition) is 6. The average Bonchev–Trinajstić information content (AvgIpc) is 2.85. The number of ether oxygens (including phenoxy) is 2. The van der Waals surface area contributed by atoms with Crippen LogP contribution in [0, 0.1) is 0 Å².